The zero-order chi connectivity index (χ0) is 18.3. The van der Waals surface area contributed by atoms with Crippen molar-refractivity contribution in [3.63, 3.8) is 0 Å². The maximum Gasteiger partial charge on any atom is 0.417 e. The van der Waals surface area contributed by atoms with Gasteiger partial charge in [-0.3, -0.25) is 9.69 Å². The summed E-state index contributed by atoms with van der Waals surface area (Å²) in [6.45, 7) is -1.53. The normalized spacial score (nSPS) is 17.4. The van der Waals surface area contributed by atoms with Crippen LogP contribution in [0.2, 0.25) is 0 Å². The number of nitrogens with zero attached hydrogens (tertiary/aromatic N) is 3. The first-order valence-corrected chi connectivity index (χ1v) is 7.00. The van der Waals surface area contributed by atoms with E-state index < -0.39 is 42.0 Å². The molecule has 6 nitrogen and oxygen atoms in total. The topological polar surface area (TPSA) is 87.8 Å². The maximum absolute atomic E-state index is 13.1. The monoisotopic (exact) mass is 359 g/mol. The minimum Gasteiger partial charge on any atom is -0.393 e. The Kier molecular flexibility index (Phi) is 4.54. The number of hydrogen-bond acceptors (Lipinski definition) is 5. The van der Waals surface area contributed by atoms with Crippen molar-refractivity contribution in [1.82, 2.24) is 4.90 Å². The van der Waals surface area contributed by atoms with Gasteiger partial charge in [-0.15, -0.1) is 0 Å². The van der Waals surface area contributed by atoms with Crippen LogP contribution in [0.4, 0.5) is 18.9 Å². The summed E-state index contributed by atoms with van der Waals surface area (Å²) in [6, 6.07) is 4.17. The number of thiocarbonyl (C=S) groups is 1. The maximum atomic E-state index is 13.1. The summed E-state index contributed by atoms with van der Waals surface area (Å²) in [6.07, 6.45) is -4.79. The van der Waals surface area contributed by atoms with Crippen molar-refractivity contribution in [2.24, 2.45) is 0 Å². The summed E-state index contributed by atoms with van der Waals surface area (Å²) in [5.74, 6) is -0.849. The predicted molar refractivity (Wildman–Crippen MR) is 80.9 cm³/mol. The van der Waals surface area contributed by atoms with E-state index in [2.05, 4.69) is 0 Å². The van der Waals surface area contributed by atoms with Gasteiger partial charge in [-0.1, -0.05) is 0 Å². The second kappa shape index (κ2) is 6.01. The molecule has 1 saturated heterocycles. The lowest BCUT2D eigenvalue weighted by Crippen LogP contribution is -2.54. The van der Waals surface area contributed by atoms with E-state index in [9.17, 15) is 28.2 Å². The highest BCUT2D eigenvalue weighted by atomic mass is 32.1. The average Bonchev–Trinajstić information content (AvgIpc) is 2.73. The van der Waals surface area contributed by atoms with Crippen molar-refractivity contribution in [3.05, 3.63) is 29.3 Å². The molecule has 0 spiro atoms. The fraction of sp³-hybridized carbons (Fsp3) is 0.357. The molecule has 2 N–H and O–H groups in total. The highest BCUT2D eigenvalue weighted by Crippen LogP contribution is 2.37. The van der Waals surface area contributed by atoms with Gasteiger partial charge in [-0.2, -0.15) is 18.4 Å². The summed E-state index contributed by atoms with van der Waals surface area (Å²) >= 11 is 5.06. The number of anilines is 1. The van der Waals surface area contributed by atoms with Crippen molar-refractivity contribution < 1.29 is 28.2 Å². The van der Waals surface area contributed by atoms with Gasteiger partial charge in [-0.25, -0.2) is 0 Å². The third-order valence-corrected chi connectivity index (χ3v) is 4.39. The van der Waals surface area contributed by atoms with Gasteiger partial charge in [0.05, 0.1) is 36.1 Å². The van der Waals surface area contributed by atoms with Crippen LogP contribution in [0.25, 0.3) is 0 Å². The highest BCUT2D eigenvalue weighted by molar-refractivity contribution is 7.80. The number of rotatable bonds is 3. The van der Waals surface area contributed by atoms with E-state index in [0.717, 1.165) is 21.9 Å². The predicted octanol–water partition coefficient (Wildman–Crippen LogP) is 0.864. The molecular formula is C14H12F3N3O3S. The minimum atomic E-state index is -4.79. The summed E-state index contributed by atoms with van der Waals surface area (Å²) in [5, 5.41) is 27.6. The Labute approximate surface area is 140 Å². The van der Waals surface area contributed by atoms with Gasteiger partial charge in [0.1, 0.15) is 0 Å². The zero-order valence-electron chi connectivity index (χ0n) is 12.3. The molecule has 1 aliphatic heterocycles. The van der Waals surface area contributed by atoms with Crippen LogP contribution in [-0.4, -0.2) is 51.9 Å². The van der Waals surface area contributed by atoms with Crippen LogP contribution in [0.15, 0.2) is 18.2 Å². The van der Waals surface area contributed by atoms with Crippen molar-refractivity contribution in [3.8, 4) is 6.07 Å². The van der Waals surface area contributed by atoms with Crippen LogP contribution in [0.3, 0.4) is 0 Å². The molecule has 128 valence electrons. The van der Waals surface area contributed by atoms with Gasteiger partial charge < -0.3 is 15.1 Å². The van der Waals surface area contributed by atoms with Crippen LogP contribution in [0.5, 0.6) is 0 Å². The van der Waals surface area contributed by atoms with E-state index in [0.29, 0.717) is 6.07 Å². The van der Waals surface area contributed by atoms with Gasteiger partial charge in [-0.05, 0) is 30.4 Å². The first-order chi connectivity index (χ1) is 11.1. The number of hydrogen-bond donors (Lipinski definition) is 2. The van der Waals surface area contributed by atoms with Crippen molar-refractivity contribution in [1.29, 1.82) is 5.26 Å². The van der Waals surface area contributed by atoms with E-state index in [1.807, 2.05) is 0 Å². The largest absolute Gasteiger partial charge is 0.417 e. The Bertz CT molecular complexity index is 741. The Morgan fingerprint density at radius 1 is 1.33 bits per heavy atom. The van der Waals surface area contributed by atoms with E-state index in [4.69, 9.17) is 17.5 Å². The van der Waals surface area contributed by atoms with Crippen molar-refractivity contribution >= 4 is 28.9 Å². The molecule has 2 rings (SSSR count). The number of nitriles is 1. The highest BCUT2D eigenvalue weighted by Gasteiger charge is 2.54. The smallest absolute Gasteiger partial charge is 0.393 e. The number of benzene rings is 1. The molecule has 24 heavy (non-hydrogen) atoms. The molecule has 1 aliphatic rings. The molecule has 0 saturated carbocycles. The third-order valence-electron chi connectivity index (χ3n) is 3.93. The lowest BCUT2D eigenvalue weighted by molar-refractivity contribution is -0.138. The molecule has 1 heterocycles. The molecule has 0 radical (unpaired) electrons. The first-order valence-electron chi connectivity index (χ1n) is 6.59. The summed E-state index contributed by atoms with van der Waals surface area (Å²) < 4.78 is 39.2. The van der Waals surface area contributed by atoms with Gasteiger partial charge in [0.2, 0.25) is 0 Å². The van der Waals surface area contributed by atoms with E-state index in [1.54, 1.807) is 0 Å². The average molecular weight is 359 g/mol. The number of carbonyl (C=O) groups is 1. The molecule has 0 atom stereocenters. The fourth-order valence-electron chi connectivity index (χ4n) is 2.40. The summed E-state index contributed by atoms with van der Waals surface area (Å²) in [7, 11) is 1.35. The molecular weight excluding hydrogens is 347 g/mol. The molecule has 1 aromatic rings. The number of alkyl halides is 3. The third kappa shape index (κ3) is 2.50. The summed E-state index contributed by atoms with van der Waals surface area (Å²) in [5.41, 5.74) is -3.74. The number of amides is 1. The zero-order valence-corrected chi connectivity index (χ0v) is 13.1. The van der Waals surface area contributed by atoms with Gasteiger partial charge in [0.15, 0.2) is 10.7 Å². The summed E-state index contributed by atoms with van der Waals surface area (Å²) in [4.78, 5) is 14.5. The first kappa shape index (κ1) is 18.1. The quantitative estimate of drug-likeness (QED) is 0.779. The Hall–Kier alpha value is -2.22. The lowest BCUT2D eigenvalue weighted by atomic mass is 10.0. The number of carbonyl (C=O) groups excluding carboxylic acids is 1. The van der Waals surface area contributed by atoms with Gasteiger partial charge in [0, 0.05) is 7.05 Å². The van der Waals surface area contributed by atoms with E-state index in [1.165, 1.54) is 13.1 Å². The number of likely N-dealkylation sites (N-methyl/N-ethyl adjacent to an activating group) is 1. The lowest BCUT2D eigenvalue weighted by Gasteiger charge is -2.29. The SMILES string of the molecule is CN1C(=S)N(c2ccc(C#N)c(C(F)(F)F)c2)C(=O)C1(CO)CO. The van der Waals surface area contributed by atoms with Crippen molar-refractivity contribution in [2.45, 2.75) is 11.7 Å². The molecule has 1 amide bonds. The molecule has 1 aromatic carbocycles. The molecule has 10 heteroatoms. The fourth-order valence-corrected chi connectivity index (χ4v) is 2.76. The standard InChI is InChI=1S/C14H12F3N3O3S/c1-19-12(24)20(11(23)13(19,6-21)7-22)9-3-2-8(5-18)10(4-9)14(15,16)17/h2-4,21-22H,6-7H2,1H3. The molecule has 0 aromatic heterocycles. The van der Waals surface area contributed by atoms with Crippen LogP contribution in [-0.2, 0) is 11.0 Å². The Morgan fingerprint density at radius 2 is 1.92 bits per heavy atom. The molecule has 0 aliphatic carbocycles. The second-order valence-corrected chi connectivity index (χ2v) is 5.53. The van der Waals surface area contributed by atoms with Crippen molar-refractivity contribution in [2.75, 3.05) is 25.2 Å². The second-order valence-electron chi connectivity index (χ2n) is 5.17. The molecule has 0 bridgehead atoms. The minimum absolute atomic E-state index is 0.166. The Morgan fingerprint density at radius 3 is 2.33 bits per heavy atom. The van der Waals surface area contributed by atoms with Gasteiger partial charge in [0.25, 0.3) is 5.91 Å². The van der Waals surface area contributed by atoms with Crippen LogP contribution in [0, 0.1) is 11.3 Å². The van der Waals surface area contributed by atoms with Crippen LogP contribution >= 0.6 is 12.2 Å². The molecule has 0 unspecified atom stereocenters. The van der Waals surface area contributed by atoms with E-state index >= 15 is 0 Å². The van der Waals surface area contributed by atoms with Crippen LogP contribution < -0.4 is 4.90 Å². The van der Waals surface area contributed by atoms with Gasteiger partial charge >= 0.3 is 6.18 Å². The van der Waals surface area contributed by atoms with E-state index in [-0.39, 0.29) is 10.8 Å². The molecule has 1 fully saturated rings. The number of aliphatic hydroxyl groups excluding tert-OH is 2. The Balaban J connectivity index is 2.59. The number of halogens is 3. The number of aliphatic hydroxyl groups is 2. The van der Waals surface area contributed by atoms with Crippen LogP contribution in [0.1, 0.15) is 11.1 Å².